The third-order valence-corrected chi connectivity index (χ3v) is 12.3. The molecule has 0 aromatic carbocycles. The van der Waals surface area contributed by atoms with Gasteiger partial charge in [-0.3, -0.25) is 9.59 Å². The third-order valence-electron chi connectivity index (χ3n) is 12.3. The average molecular weight is 834 g/mol. The van der Waals surface area contributed by atoms with Crippen molar-refractivity contribution in [1.29, 1.82) is 0 Å². The molecule has 0 fully saturated rings. The van der Waals surface area contributed by atoms with E-state index in [0.29, 0.717) is 19.3 Å². The molecule has 0 rings (SSSR count). The van der Waals surface area contributed by atoms with Crippen LogP contribution in [-0.4, -0.2) is 46.9 Å². The lowest BCUT2D eigenvalue weighted by Gasteiger charge is -2.24. The van der Waals surface area contributed by atoms with Gasteiger partial charge >= 0.3 is 5.97 Å². The van der Waals surface area contributed by atoms with Crippen LogP contribution in [0.25, 0.3) is 0 Å². The first-order valence-corrected chi connectivity index (χ1v) is 26.4. The fraction of sp³-hybridized carbons (Fsp3) is 0.925. The van der Waals surface area contributed by atoms with E-state index in [4.69, 9.17) is 4.74 Å². The maximum atomic E-state index is 13.2. The van der Waals surface area contributed by atoms with Gasteiger partial charge < -0.3 is 20.3 Å². The molecule has 6 nitrogen and oxygen atoms in total. The number of hydrogen-bond donors (Lipinski definition) is 3. The lowest BCUT2D eigenvalue weighted by atomic mass is 10.0. The molecule has 1 amide bonds. The highest BCUT2D eigenvalue weighted by Gasteiger charge is 2.24. The Bertz CT molecular complexity index is 893. The number of allylic oxidation sites excluding steroid dienone is 2. The Balaban J connectivity index is 4.54. The minimum atomic E-state index is -0.783. The molecule has 6 heteroatoms. The largest absolute Gasteiger partial charge is 0.462 e. The molecule has 0 bridgehead atoms. The van der Waals surface area contributed by atoms with E-state index < -0.39 is 18.2 Å². The molecule has 0 aliphatic rings. The molecule has 59 heavy (non-hydrogen) atoms. The lowest BCUT2D eigenvalue weighted by Crippen LogP contribution is -2.46. The number of nitrogens with one attached hydrogen (secondary N) is 1. The SMILES string of the molecule is CCCCCCCCC/C=C\CCCCCC(=O)OC(CCCCCCCCCCCCCCCCCCC)CC(=O)NC(CO)C(O)CCCCCCCCCCC. The highest BCUT2D eigenvalue weighted by Crippen LogP contribution is 2.18. The van der Waals surface area contributed by atoms with Crippen LogP contribution in [0, 0.1) is 0 Å². The molecule has 0 heterocycles. The summed E-state index contributed by atoms with van der Waals surface area (Å²) in [6.45, 7) is 6.48. The molecule has 3 N–H and O–H groups in total. The van der Waals surface area contributed by atoms with Crippen LogP contribution in [-0.2, 0) is 14.3 Å². The standard InChI is InChI=1S/C53H103NO5/c1-4-7-10-13-16-19-21-23-25-26-27-28-30-33-35-38-41-44-49(59-53(58)46-43-40-37-34-31-29-24-22-20-17-14-11-8-5-2)47-52(57)54-50(48-55)51(56)45-42-39-36-32-18-15-12-9-6-3/h29,31,49-51,55-56H,4-28,30,32-48H2,1-3H3,(H,54,57)/b31-29-. The minimum Gasteiger partial charge on any atom is -0.462 e. The molecule has 0 spiro atoms. The quantitative estimate of drug-likeness (QED) is 0.0322. The zero-order valence-electron chi connectivity index (χ0n) is 39.9. The van der Waals surface area contributed by atoms with Crippen LogP contribution >= 0.6 is 0 Å². The van der Waals surface area contributed by atoms with Crippen LogP contribution in [0.3, 0.4) is 0 Å². The summed E-state index contributed by atoms with van der Waals surface area (Å²) in [6.07, 6.45) is 52.8. The number of carbonyl (C=O) groups is 2. The summed E-state index contributed by atoms with van der Waals surface area (Å²) in [5.41, 5.74) is 0. The zero-order valence-corrected chi connectivity index (χ0v) is 39.9. The molecule has 0 aliphatic carbocycles. The van der Waals surface area contributed by atoms with Crippen molar-refractivity contribution in [3.8, 4) is 0 Å². The maximum absolute atomic E-state index is 13.2. The summed E-state index contributed by atoms with van der Waals surface area (Å²) in [5, 5.41) is 23.7. The second-order valence-electron chi connectivity index (χ2n) is 18.3. The Hall–Kier alpha value is -1.40. The smallest absolute Gasteiger partial charge is 0.306 e. The van der Waals surface area contributed by atoms with Crippen LogP contribution in [0.2, 0.25) is 0 Å². The number of hydrogen-bond acceptors (Lipinski definition) is 5. The molecule has 0 saturated heterocycles. The molecule has 0 radical (unpaired) electrons. The molecule has 0 aromatic heterocycles. The van der Waals surface area contributed by atoms with E-state index in [0.717, 1.165) is 57.8 Å². The Kier molecular flexibility index (Phi) is 46.5. The second kappa shape index (κ2) is 47.6. The molecular formula is C53H103NO5. The van der Waals surface area contributed by atoms with Crippen molar-refractivity contribution in [2.75, 3.05) is 6.61 Å². The van der Waals surface area contributed by atoms with E-state index in [1.165, 1.54) is 186 Å². The number of aliphatic hydroxyl groups is 2. The lowest BCUT2D eigenvalue weighted by molar-refractivity contribution is -0.151. The van der Waals surface area contributed by atoms with E-state index >= 15 is 0 Å². The van der Waals surface area contributed by atoms with Gasteiger partial charge in [0.1, 0.15) is 6.10 Å². The van der Waals surface area contributed by atoms with Gasteiger partial charge in [-0.25, -0.2) is 0 Å². The van der Waals surface area contributed by atoms with Crippen molar-refractivity contribution in [3.05, 3.63) is 12.2 Å². The summed E-state index contributed by atoms with van der Waals surface area (Å²) in [7, 11) is 0. The van der Waals surface area contributed by atoms with Gasteiger partial charge in [-0.1, -0.05) is 238 Å². The van der Waals surface area contributed by atoms with Gasteiger partial charge in [-0.2, -0.15) is 0 Å². The first-order valence-electron chi connectivity index (χ1n) is 26.4. The zero-order chi connectivity index (χ0) is 43.1. The Labute approximate surface area is 368 Å². The fourth-order valence-corrected chi connectivity index (χ4v) is 8.31. The Morgan fingerprint density at radius 1 is 0.475 bits per heavy atom. The first kappa shape index (κ1) is 57.6. The average Bonchev–Trinajstić information content (AvgIpc) is 3.23. The molecule has 0 saturated carbocycles. The number of amides is 1. The minimum absolute atomic E-state index is 0.0788. The monoisotopic (exact) mass is 834 g/mol. The molecule has 0 aliphatic heterocycles. The van der Waals surface area contributed by atoms with Gasteiger partial charge in [0.05, 0.1) is 25.2 Å². The van der Waals surface area contributed by atoms with Crippen LogP contribution in [0.4, 0.5) is 0 Å². The summed E-state index contributed by atoms with van der Waals surface area (Å²) >= 11 is 0. The van der Waals surface area contributed by atoms with Gasteiger partial charge in [0.25, 0.3) is 0 Å². The first-order chi connectivity index (χ1) is 29.0. The van der Waals surface area contributed by atoms with Crippen molar-refractivity contribution in [1.82, 2.24) is 5.32 Å². The van der Waals surface area contributed by atoms with E-state index in [2.05, 4.69) is 38.2 Å². The number of ether oxygens (including phenoxy) is 1. The van der Waals surface area contributed by atoms with Crippen molar-refractivity contribution >= 4 is 11.9 Å². The van der Waals surface area contributed by atoms with Gasteiger partial charge in [0.15, 0.2) is 0 Å². The number of aliphatic hydroxyl groups excluding tert-OH is 2. The topological polar surface area (TPSA) is 95.9 Å². The highest BCUT2D eigenvalue weighted by molar-refractivity contribution is 5.77. The van der Waals surface area contributed by atoms with Crippen LogP contribution in [0.1, 0.15) is 290 Å². The molecule has 3 unspecified atom stereocenters. The van der Waals surface area contributed by atoms with Crippen LogP contribution < -0.4 is 5.32 Å². The summed E-state index contributed by atoms with van der Waals surface area (Å²) in [5.74, 6) is -0.475. The molecule has 0 aromatic rings. The van der Waals surface area contributed by atoms with E-state index in [1.54, 1.807) is 0 Å². The number of unbranched alkanes of at least 4 members (excludes halogenated alkanes) is 34. The van der Waals surface area contributed by atoms with Crippen molar-refractivity contribution in [2.45, 2.75) is 309 Å². The predicted molar refractivity (Wildman–Crippen MR) is 255 cm³/mol. The highest BCUT2D eigenvalue weighted by atomic mass is 16.5. The Morgan fingerprint density at radius 3 is 1.20 bits per heavy atom. The summed E-state index contributed by atoms with van der Waals surface area (Å²) in [4.78, 5) is 26.1. The number of esters is 1. The molecular weight excluding hydrogens is 731 g/mol. The summed E-state index contributed by atoms with van der Waals surface area (Å²) in [6, 6.07) is -0.696. The van der Waals surface area contributed by atoms with Gasteiger partial charge in [-0.05, 0) is 51.4 Å². The van der Waals surface area contributed by atoms with Crippen LogP contribution in [0.15, 0.2) is 12.2 Å². The van der Waals surface area contributed by atoms with E-state index in [9.17, 15) is 19.8 Å². The van der Waals surface area contributed by atoms with Gasteiger partial charge in [-0.15, -0.1) is 0 Å². The number of rotatable bonds is 48. The van der Waals surface area contributed by atoms with Gasteiger partial charge in [0.2, 0.25) is 5.91 Å². The van der Waals surface area contributed by atoms with Crippen molar-refractivity contribution in [2.24, 2.45) is 0 Å². The summed E-state index contributed by atoms with van der Waals surface area (Å²) < 4.78 is 5.93. The number of carbonyl (C=O) groups excluding carboxylic acids is 2. The maximum Gasteiger partial charge on any atom is 0.306 e. The van der Waals surface area contributed by atoms with Crippen molar-refractivity contribution < 1.29 is 24.5 Å². The molecule has 3 atom stereocenters. The predicted octanol–water partition coefficient (Wildman–Crippen LogP) is 15.7. The van der Waals surface area contributed by atoms with Gasteiger partial charge in [0, 0.05) is 6.42 Å². The van der Waals surface area contributed by atoms with Crippen molar-refractivity contribution in [3.63, 3.8) is 0 Å². The third kappa shape index (κ3) is 43.1. The fourth-order valence-electron chi connectivity index (χ4n) is 8.31. The molecule has 350 valence electrons. The van der Waals surface area contributed by atoms with E-state index in [-0.39, 0.29) is 24.9 Å². The second-order valence-corrected chi connectivity index (χ2v) is 18.3. The Morgan fingerprint density at radius 2 is 0.814 bits per heavy atom. The van der Waals surface area contributed by atoms with E-state index in [1.807, 2.05) is 0 Å². The van der Waals surface area contributed by atoms with Crippen LogP contribution in [0.5, 0.6) is 0 Å². The normalized spacial score (nSPS) is 13.2.